The van der Waals surface area contributed by atoms with Crippen molar-refractivity contribution in [2.75, 3.05) is 5.32 Å². The number of ether oxygens (including phenoxy) is 1. The molecule has 1 aromatic rings. The van der Waals surface area contributed by atoms with E-state index in [1.165, 1.54) is 0 Å². The van der Waals surface area contributed by atoms with Crippen LogP contribution in [0.4, 0.5) is 5.69 Å². The first kappa shape index (κ1) is 12.4. The van der Waals surface area contributed by atoms with Crippen LogP contribution in [0.5, 0.6) is 5.88 Å². The first-order valence-electron chi connectivity index (χ1n) is 5.19. The van der Waals surface area contributed by atoms with Crippen LogP contribution in [-0.2, 0) is 4.79 Å². The standard InChI is InChI=1S/C11H17N3O2/c1-7(2)16-11-9(5-4-6-13-11)14-10(15)8(3)12/h4-8H,12H2,1-3H3,(H,14,15). The number of pyridine rings is 1. The van der Waals surface area contributed by atoms with Gasteiger partial charge in [0.1, 0.15) is 5.69 Å². The van der Waals surface area contributed by atoms with Gasteiger partial charge < -0.3 is 15.8 Å². The van der Waals surface area contributed by atoms with E-state index in [4.69, 9.17) is 10.5 Å². The monoisotopic (exact) mass is 223 g/mol. The molecule has 16 heavy (non-hydrogen) atoms. The van der Waals surface area contributed by atoms with E-state index in [1.807, 2.05) is 13.8 Å². The van der Waals surface area contributed by atoms with Crippen molar-refractivity contribution in [2.45, 2.75) is 32.9 Å². The highest BCUT2D eigenvalue weighted by Gasteiger charge is 2.12. The molecule has 0 fully saturated rings. The van der Waals surface area contributed by atoms with Gasteiger partial charge in [0.25, 0.3) is 0 Å². The number of hydrogen-bond donors (Lipinski definition) is 2. The van der Waals surface area contributed by atoms with Gasteiger partial charge in [-0.2, -0.15) is 0 Å². The molecule has 1 atom stereocenters. The molecule has 1 unspecified atom stereocenters. The number of nitrogens with zero attached hydrogens (tertiary/aromatic N) is 1. The molecule has 0 bridgehead atoms. The Bertz CT molecular complexity index is 364. The average molecular weight is 223 g/mol. The highest BCUT2D eigenvalue weighted by atomic mass is 16.5. The van der Waals surface area contributed by atoms with Gasteiger partial charge in [0.05, 0.1) is 12.1 Å². The summed E-state index contributed by atoms with van der Waals surface area (Å²) in [5.41, 5.74) is 6.00. The van der Waals surface area contributed by atoms with Crippen LogP contribution in [0.3, 0.4) is 0 Å². The molecule has 3 N–H and O–H groups in total. The van der Waals surface area contributed by atoms with Crippen LogP contribution < -0.4 is 15.8 Å². The summed E-state index contributed by atoms with van der Waals surface area (Å²) < 4.78 is 5.46. The van der Waals surface area contributed by atoms with Gasteiger partial charge in [-0.05, 0) is 32.9 Å². The van der Waals surface area contributed by atoms with Gasteiger partial charge in [0.2, 0.25) is 11.8 Å². The summed E-state index contributed by atoms with van der Waals surface area (Å²) >= 11 is 0. The lowest BCUT2D eigenvalue weighted by Gasteiger charge is -2.14. The molecular formula is C11H17N3O2. The van der Waals surface area contributed by atoms with Crippen molar-refractivity contribution in [3.63, 3.8) is 0 Å². The smallest absolute Gasteiger partial charge is 0.241 e. The van der Waals surface area contributed by atoms with E-state index < -0.39 is 6.04 Å². The van der Waals surface area contributed by atoms with Crippen molar-refractivity contribution in [1.82, 2.24) is 4.98 Å². The highest BCUT2D eigenvalue weighted by Crippen LogP contribution is 2.21. The molecule has 0 aliphatic rings. The highest BCUT2D eigenvalue weighted by molar-refractivity contribution is 5.95. The number of nitrogens with two attached hydrogens (primary N) is 1. The predicted octanol–water partition coefficient (Wildman–Crippen LogP) is 1.15. The maximum absolute atomic E-state index is 11.4. The van der Waals surface area contributed by atoms with Crippen molar-refractivity contribution in [2.24, 2.45) is 5.73 Å². The summed E-state index contributed by atoms with van der Waals surface area (Å²) in [6, 6.07) is 2.89. The number of aromatic nitrogens is 1. The van der Waals surface area contributed by atoms with Crippen molar-refractivity contribution < 1.29 is 9.53 Å². The van der Waals surface area contributed by atoms with Crippen molar-refractivity contribution >= 4 is 11.6 Å². The van der Waals surface area contributed by atoms with Gasteiger partial charge in [0, 0.05) is 6.20 Å². The predicted molar refractivity (Wildman–Crippen MR) is 62.3 cm³/mol. The van der Waals surface area contributed by atoms with Crippen LogP contribution in [0.15, 0.2) is 18.3 Å². The van der Waals surface area contributed by atoms with Gasteiger partial charge in [-0.15, -0.1) is 0 Å². The fourth-order valence-corrected chi connectivity index (χ4v) is 1.05. The summed E-state index contributed by atoms with van der Waals surface area (Å²) in [4.78, 5) is 15.5. The van der Waals surface area contributed by atoms with E-state index in [9.17, 15) is 4.79 Å². The van der Waals surface area contributed by atoms with Crippen LogP contribution in [-0.4, -0.2) is 23.0 Å². The Morgan fingerprint density at radius 2 is 2.19 bits per heavy atom. The third kappa shape index (κ3) is 3.51. The van der Waals surface area contributed by atoms with E-state index in [0.717, 1.165) is 0 Å². The van der Waals surface area contributed by atoms with Gasteiger partial charge in [0.15, 0.2) is 0 Å². The third-order valence-corrected chi connectivity index (χ3v) is 1.79. The zero-order chi connectivity index (χ0) is 12.1. The van der Waals surface area contributed by atoms with Gasteiger partial charge in [-0.1, -0.05) is 0 Å². The Labute approximate surface area is 95.0 Å². The fraction of sp³-hybridized carbons (Fsp3) is 0.455. The van der Waals surface area contributed by atoms with Gasteiger partial charge in [-0.25, -0.2) is 4.98 Å². The second kappa shape index (κ2) is 5.46. The molecule has 1 heterocycles. The average Bonchev–Trinajstić information content (AvgIpc) is 2.20. The maximum Gasteiger partial charge on any atom is 0.241 e. The number of amides is 1. The minimum Gasteiger partial charge on any atom is -0.473 e. The Morgan fingerprint density at radius 3 is 2.75 bits per heavy atom. The molecule has 0 aliphatic heterocycles. The van der Waals surface area contributed by atoms with Gasteiger partial charge in [-0.3, -0.25) is 4.79 Å². The summed E-state index contributed by atoms with van der Waals surface area (Å²) in [5, 5.41) is 2.66. The van der Waals surface area contributed by atoms with Crippen LogP contribution in [0, 0.1) is 0 Å². The Hall–Kier alpha value is -1.62. The Morgan fingerprint density at radius 1 is 1.50 bits per heavy atom. The number of nitrogens with one attached hydrogen (secondary N) is 1. The van der Waals surface area contributed by atoms with Crippen LogP contribution in [0.25, 0.3) is 0 Å². The first-order valence-corrected chi connectivity index (χ1v) is 5.19. The number of anilines is 1. The van der Waals surface area contributed by atoms with Crippen LogP contribution in [0.1, 0.15) is 20.8 Å². The van der Waals surface area contributed by atoms with E-state index in [2.05, 4.69) is 10.3 Å². The first-order chi connectivity index (χ1) is 7.50. The topological polar surface area (TPSA) is 77.2 Å². The Kier molecular flexibility index (Phi) is 4.25. The van der Waals surface area contributed by atoms with E-state index in [-0.39, 0.29) is 12.0 Å². The lowest BCUT2D eigenvalue weighted by Crippen LogP contribution is -2.32. The van der Waals surface area contributed by atoms with Gasteiger partial charge >= 0.3 is 0 Å². The number of rotatable bonds is 4. The molecular weight excluding hydrogens is 206 g/mol. The number of carbonyl (C=O) groups is 1. The zero-order valence-corrected chi connectivity index (χ0v) is 9.73. The SMILES string of the molecule is CC(C)Oc1ncccc1NC(=O)C(C)N. The molecule has 0 radical (unpaired) electrons. The molecule has 0 aromatic carbocycles. The molecule has 1 aromatic heterocycles. The number of hydrogen-bond acceptors (Lipinski definition) is 4. The summed E-state index contributed by atoms with van der Waals surface area (Å²) in [5.74, 6) is 0.146. The van der Waals surface area contributed by atoms with E-state index in [1.54, 1.807) is 25.3 Å². The molecule has 5 nitrogen and oxygen atoms in total. The molecule has 0 saturated heterocycles. The second-order valence-corrected chi connectivity index (χ2v) is 3.80. The fourth-order valence-electron chi connectivity index (χ4n) is 1.05. The normalized spacial score (nSPS) is 12.3. The largest absolute Gasteiger partial charge is 0.473 e. The molecule has 0 saturated carbocycles. The third-order valence-electron chi connectivity index (χ3n) is 1.79. The molecule has 0 aliphatic carbocycles. The second-order valence-electron chi connectivity index (χ2n) is 3.80. The summed E-state index contributed by atoms with van der Waals surface area (Å²) in [6.45, 7) is 5.41. The van der Waals surface area contributed by atoms with Crippen molar-refractivity contribution in [3.05, 3.63) is 18.3 Å². The van der Waals surface area contributed by atoms with E-state index in [0.29, 0.717) is 11.6 Å². The van der Waals surface area contributed by atoms with Crippen LogP contribution in [0.2, 0.25) is 0 Å². The molecule has 1 rings (SSSR count). The molecule has 5 heteroatoms. The number of carbonyl (C=O) groups excluding carboxylic acids is 1. The lowest BCUT2D eigenvalue weighted by atomic mass is 10.3. The van der Waals surface area contributed by atoms with Crippen molar-refractivity contribution in [3.8, 4) is 5.88 Å². The summed E-state index contributed by atoms with van der Waals surface area (Å²) in [6.07, 6.45) is 1.61. The van der Waals surface area contributed by atoms with Crippen LogP contribution >= 0.6 is 0 Å². The quantitative estimate of drug-likeness (QED) is 0.802. The lowest BCUT2D eigenvalue weighted by molar-refractivity contribution is -0.117. The van der Waals surface area contributed by atoms with Crippen molar-refractivity contribution in [1.29, 1.82) is 0 Å². The molecule has 1 amide bonds. The Balaban J connectivity index is 2.82. The minimum absolute atomic E-state index is 0.000789. The maximum atomic E-state index is 11.4. The minimum atomic E-state index is -0.563. The molecule has 0 spiro atoms. The zero-order valence-electron chi connectivity index (χ0n) is 9.73. The summed E-state index contributed by atoms with van der Waals surface area (Å²) in [7, 11) is 0. The molecule has 88 valence electrons. The van der Waals surface area contributed by atoms with E-state index >= 15 is 0 Å².